The maximum Gasteiger partial charge on any atom is 0.407 e. The molecule has 12 unspecified atom stereocenters. The van der Waals surface area contributed by atoms with Crippen molar-refractivity contribution in [2.75, 3.05) is 64.0 Å². The van der Waals surface area contributed by atoms with E-state index in [0.717, 1.165) is 59.3 Å². The molecule has 5 fully saturated rings. The average molecular weight is 1460 g/mol. The van der Waals surface area contributed by atoms with Gasteiger partial charge in [-0.2, -0.15) is 0 Å². The quantitative estimate of drug-likeness (QED) is 0.0134. The molecule has 16 N–H and O–H groups in total. The fourth-order valence-electron chi connectivity index (χ4n) is 13.4. The van der Waals surface area contributed by atoms with Gasteiger partial charge in [0.2, 0.25) is 70.9 Å². The van der Waals surface area contributed by atoms with E-state index in [1.807, 2.05) is 37.3 Å². The first-order valence-corrected chi connectivity index (χ1v) is 38.4. The predicted octanol–water partition coefficient (Wildman–Crippen LogP) is -0.871. The van der Waals surface area contributed by atoms with Crippen molar-refractivity contribution in [1.82, 2.24) is 68.3 Å². The van der Waals surface area contributed by atoms with Crippen LogP contribution >= 0.6 is 21.6 Å². The highest BCUT2D eigenvalue weighted by Gasteiger charge is 2.49. The Hall–Kier alpha value is -8.38. The maximum absolute atomic E-state index is 14.7. The predicted molar refractivity (Wildman–Crippen MR) is 381 cm³/mol. The lowest BCUT2D eigenvalue weighted by Gasteiger charge is -2.31. The van der Waals surface area contributed by atoms with Crippen molar-refractivity contribution in [2.45, 2.75) is 210 Å². The van der Waals surface area contributed by atoms with Crippen LogP contribution in [0.15, 0.2) is 35.3 Å². The summed E-state index contributed by atoms with van der Waals surface area (Å²) in [5.74, 6) is -1.37. The number of guanidine groups is 1. The molecule has 562 valence electrons. The molecule has 0 bridgehead atoms. The minimum Gasteiger partial charge on any atom is -0.449 e. The highest BCUT2D eigenvalue weighted by atomic mass is 33.1. The second-order valence-electron chi connectivity index (χ2n) is 27.2. The lowest BCUT2D eigenvalue weighted by Crippen LogP contribution is -2.61. The first-order chi connectivity index (χ1) is 49.0. The molecule has 4 aliphatic heterocycles. The SMILES string of the molecule is CCCCC(NC(=O)C1CCCN1C(=O)CNC(=O)C(CCCCNC(=O)OCC1C2CCC#CCCC21)NC(=O)C1CSSCC(NC(=O)C2CCCN2C(=O)C(CCCN=C(N)N)NC(=O)C2CCC(=O)N2)C(=O)NC(CC(C)C)C(=O)NC(CO)C(=O)N1)C(=O)NCCc1ccccc1. The van der Waals surface area contributed by atoms with Gasteiger partial charge in [-0.05, 0) is 126 Å². The van der Waals surface area contributed by atoms with E-state index in [1.165, 1.54) is 9.80 Å². The lowest BCUT2D eigenvalue weighted by atomic mass is 10.0. The van der Waals surface area contributed by atoms with Gasteiger partial charge in [-0.15, -0.1) is 11.8 Å². The van der Waals surface area contributed by atoms with Gasteiger partial charge < -0.3 is 89.6 Å². The van der Waals surface area contributed by atoms with Crippen molar-refractivity contribution < 1.29 is 72.2 Å². The molecule has 31 nitrogen and oxygen atoms in total. The number of carbonyl (C=O) groups is 13. The molecule has 102 heavy (non-hydrogen) atoms. The second kappa shape index (κ2) is 41.7. The van der Waals surface area contributed by atoms with Crippen LogP contribution in [0, 0.1) is 35.5 Å². The van der Waals surface area contributed by atoms with Gasteiger partial charge in [0.05, 0.1) is 19.8 Å². The number of hydrogen-bond acceptors (Lipinski definition) is 18. The third kappa shape index (κ3) is 25.5. The topological polar surface area (TPSA) is 455 Å². The number of ether oxygens (including phenoxy) is 1. The van der Waals surface area contributed by atoms with E-state index < -0.39 is 139 Å². The van der Waals surface area contributed by atoms with Gasteiger partial charge in [-0.3, -0.25) is 62.5 Å². The number of fused-ring (bicyclic) bond motifs is 1. The number of aliphatic hydroxyl groups excluding tert-OH is 1. The van der Waals surface area contributed by atoms with E-state index in [9.17, 15) is 67.4 Å². The largest absolute Gasteiger partial charge is 0.449 e. The third-order valence-corrected chi connectivity index (χ3v) is 21.5. The Morgan fingerprint density at radius 2 is 1.28 bits per heavy atom. The molecule has 7 rings (SSSR count). The number of hydrogen-bond donors (Lipinski definition) is 14. The molecule has 33 heteroatoms. The molecule has 1 aromatic carbocycles. The molecule has 2 aliphatic carbocycles. The Morgan fingerprint density at radius 3 is 1.95 bits per heavy atom. The zero-order valence-electron chi connectivity index (χ0n) is 58.7. The zero-order valence-corrected chi connectivity index (χ0v) is 60.3. The van der Waals surface area contributed by atoms with Crippen molar-refractivity contribution in [2.24, 2.45) is 40.1 Å². The van der Waals surface area contributed by atoms with E-state index in [0.29, 0.717) is 63.3 Å². The summed E-state index contributed by atoms with van der Waals surface area (Å²) in [6, 6.07) is -2.59. The van der Waals surface area contributed by atoms with E-state index in [4.69, 9.17) is 16.2 Å². The number of rotatable bonds is 33. The van der Waals surface area contributed by atoms with Crippen molar-refractivity contribution in [1.29, 1.82) is 0 Å². The molecule has 13 amide bonds. The van der Waals surface area contributed by atoms with Crippen LogP contribution in [0.4, 0.5) is 4.79 Å². The van der Waals surface area contributed by atoms with Gasteiger partial charge >= 0.3 is 6.09 Å². The van der Waals surface area contributed by atoms with Crippen LogP contribution in [0.1, 0.15) is 148 Å². The van der Waals surface area contributed by atoms with Crippen molar-refractivity contribution >= 4 is 105 Å². The highest BCUT2D eigenvalue weighted by molar-refractivity contribution is 8.76. The molecular weight excluding hydrogens is 1360 g/mol. The molecular formula is C69H104N16O15S2. The molecule has 1 saturated carbocycles. The summed E-state index contributed by atoms with van der Waals surface area (Å²) >= 11 is 0. The van der Waals surface area contributed by atoms with Crippen molar-refractivity contribution in [3.05, 3.63) is 35.9 Å². The fourth-order valence-corrected chi connectivity index (χ4v) is 15.7. The summed E-state index contributed by atoms with van der Waals surface area (Å²) in [7, 11) is 2.02. The van der Waals surface area contributed by atoms with E-state index in [-0.39, 0.29) is 125 Å². The number of likely N-dealkylation sites (tertiary alicyclic amines) is 2. The number of unbranched alkanes of at least 4 members (excludes halogenated alkanes) is 2. The lowest BCUT2D eigenvalue weighted by molar-refractivity contribution is -0.142. The van der Waals surface area contributed by atoms with Crippen molar-refractivity contribution in [3.63, 3.8) is 0 Å². The normalized spacial score (nSPS) is 24.4. The van der Waals surface area contributed by atoms with E-state index in [2.05, 4.69) is 75.3 Å². The minimum absolute atomic E-state index is 0.0351. The minimum atomic E-state index is -1.67. The molecule has 4 heterocycles. The number of nitrogens with zero attached hydrogens (tertiary/aromatic N) is 3. The summed E-state index contributed by atoms with van der Waals surface area (Å²) in [6.45, 7) is 5.17. The summed E-state index contributed by atoms with van der Waals surface area (Å²) in [4.78, 5) is 187. The molecule has 6 aliphatic rings. The Labute approximate surface area is 603 Å². The van der Waals surface area contributed by atoms with Crippen molar-refractivity contribution in [3.8, 4) is 11.8 Å². The number of alkyl carbamates (subject to hydrolysis) is 1. The van der Waals surface area contributed by atoms with Crippen LogP contribution in [-0.4, -0.2) is 222 Å². The number of aliphatic hydroxyl groups is 1. The van der Waals surface area contributed by atoms with Gasteiger partial charge in [-0.25, -0.2) is 4.79 Å². The smallest absolute Gasteiger partial charge is 0.407 e. The monoisotopic (exact) mass is 1460 g/mol. The third-order valence-electron chi connectivity index (χ3n) is 19.1. The second-order valence-corrected chi connectivity index (χ2v) is 29.7. The molecule has 4 saturated heterocycles. The van der Waals surface area contributed by atoms with Gasteiger partial charge in [0.15, 0.2) is 5.96 Å². The molecule has 1 aromatic rings. The van der Waals surface area contributed by atoms with Gasteiger partial charge in [0.1, 0.15) is 60.4 Å². The Balaban J connectivity index is 1.04. The Kier molecular flexibility index (Phi) is 33.0. The van der Waals surface area contributed by atoms with Crippen LogP contribution < -0.4 is 70.0 Å². The molecule has 0 radical (unpaired) electrons. The Morgan fingerprint density at radius 1 is 0.667 bits per heavy atom. The molecule has 0 aromatic heterocycles. The fraction of sp³-hybridized carbons (Fsp3) is 0.681. The van der Waals surface area contributed by atoms with Gasteiger partial charge in [-0.1, -0.05) is 85.5 Å². The van der Waals surface area contributed by atoms with Gasteiger partial charge in [0.25, 0.3) is 0 Å². The van der Waals surface area contributed by atoms with Crippen LogP contribution in [0.25, 0.3) is 0 Å². The molecule has 12 atom stereocenters. The first-order valence-electron chi connectivity index (χ1n) is 35.9. The standard InChI is InChI=1S/C69H104N16O15S2/c1-4-5-22-46(58(89)72-32-29-42-18-9-8-10-19-42)78-65(96)54-25-16-33-84(54)57(88)36-75-59(90)47(23-13-14-30-74-69(99)100-38-45-43-20-11-6-7-12-21-44(43)45)77-63(94)52-39-101-102-40-53(64(95)80-50(35-41(2)3)61(92)81-51(37-86)62(93)82-52)83-66(97)55-26-17-34-85(55)67(98)49(24-15-31-73-68(70)71)79-60(91)48-27-28-56(87)76-48/h8-10,18-19,41,43-55,86H,4-5,11-17,20-40H2,1-3H3,(H,72,89)(H,74,99)(H,75,90)(H,76,87)(H,77,94)(H,78,96)(H,79,91)(H,80,95)(H,81,92)(H,82,93)(H,83,97)(H4,70,71,73). The van der Waals surface area contributed by atoms with E-state index in [1.54, 1.807) is 13.8 Å². The number of nitrogens with one attached hydrogen (secondary N) is 11. The average Bonchev–Trinajstić information content (AvgIpc) is 1.62. The number of carbonyl (C=O) groups excluding carboxylic acids is 13. The molecule has 0 spiro atoms. The first kappa shape index (κ1) is 80.9. The van der Waals surface area contributed by atoms with Crippen LogP contribution in [0.3, 0.4) is 0 Å². The van der Waals surface area contributed by atoms with E-state index >= 15 is 0 Å². The Bertz CT molecular complexity index is 3170. The highest BCUT2D eigenvalue weighted by Crippen LogP contribution is 2.52. The summed E-state index contributed by atoms with van der Waals surface area (Å²) in [5.41, 5.74) is 12.1. The van der Waals surface area contributed by atoms with Crippen LogP contribution in [0.2, 0.25) is 0 Å². The zero-order chi connectivity index (χ0) is 73.7. The summed E-state index contributed by atoms with van der Waals surface area (Å²) in [5, 5.41) is 40.4. The number of nitrogens with two attached hydrogens (primary N) is 2. The number of aliphatic imine (C=N–C) groups is 1. The van der Waals surface area contributed by atoms with Crippen LogP contribution in [0.5, 0.6) is 0 Å². The summed E-state index contributed by atoms with van der Waals surface area (Å²) in [6.07, 6.45) is 7.81. The summed E-state index contributed by atoms with van der Waals surface area (Å²) < 4.78 is 5.59. The van der Waals surface area contributed by atoms with Gasteiger partial charge in [0, 0.05) is 63.5 Å². The number of amides is 13. The maximum atomic E-state index is 14.7. The van der Waals surface area contributed by atoms with Crippen LogP contribution in [-0.2, 0) is 68.7 Å². The number of benzene rings is 1.